The van der Waals surface area contributed by atoms with Crippen molar-refractivity contribution in [3.05, 3.63) is 26.9 Å². The number of nitrogens with one attached hydrogen (secondary N) is 1. The molecule has 1 aromatic heterocycles. The number of aromatic nitrogens is 2. The summed E-state index contributed by atoms with van der Waals surface area (Å²) in [4.78, 5) is 25.6. The minimum Gasteiger partial charge on any atom is -0.292 e. The lowest BCUT2D eigenvalue weighted by Gasteiger charge is -2.14. The fraction of sp³-hybridized carbons (Fsp3) is 0.615. The zero-order valence-corrected chi connectivity index (χ0v) is 12.0. The van der Waals surface area contributed by atoms with Gasteiger partial charge in [0.25, 0.3) is 5.56 Å². The van der Waals surface area contributed by atoms with Gasteiger partial charge in [-0.1, -0.05) is 20.3 Å². The predicted octanol–water partition coefficient (Wildman–Crippen LogP) is 1.32. The lowest BCUT2D eigenvalue weighted by molar-refractivity contribution is 0.602. The molecule has 19 heavy (non-hydrogen) atoms. The molecule has 106 valence electrons. The number of aromatic amines is 1. The molecule has 1 atom stereocenters. The Labute approximate surface area is 112 Å². The summed E-state index contributed by atoms with van der Waals surface area (Å²) in [5.74, 6) is 0.821. The van der Waals surface area contributed by atoms with E-state index in [9.17, 15) is 9.59 Å². The summed E-state index contributed by atoms with van der Waals surface area (Å²) in [6.45, 7) is 4.26. The molecule has 1 aromatic rings. The third kappa shape index (κ3) is 4.08. The van der Waals surface area contributed by atoms with Gasteiger partial charge in [-0.25, -0.2) is 4.79 Å². The maximum Gasteiger partial charge on any atom is 0.329 e. The van der Waals surface area contributed by atoms with Crippen molar-refractivity contribution in [2.75, 3.05) is 12.1 Å². The van der Waals surface area contributed by atoms with Crippen LogP contribution in [0.4, 0.5) is 5.82 Å². The molecule has 0 saturated carbocycles. The number of rotatable bonds is 6. The molecule has 0 aromatic carbocycles. The Morgan fingerprint density at radius 2 is 2.16 bits per heavy atom. The second kappa shape index (κ2) is 6.92. The third-order valence-electron chi connectivity index (χ3n) is 3.11. The molecule has 1 heterocycles. The van der Waals surface area contributed by atoms with Crippen LogP contribution < -0.4 is 16.3 Å². The molecule has 0 amide bonds. The van der Waals surface area contributed by atoms with Gasteiger partial charge >= 0.3 is 5.69 Å². The van der Waals surface area contributed by atoms with Crippen molar-refractivity contribution in [3.63, 3.8) is 0 Å². The fourth-order valence-electron chi connectivity index (χ4n) is 1.73. The quantitative estimate of drug-likeness (QED) is 0.623. The van der Waals surface area contributed by atoms with Gasteiger partial charge in [-0.15, -0.1) is 0 Å². The van der Waals surface area contributed by atoms with Crippen LogP contribution in [0.15, 0.2) is 20.8 Å². The highest BCUT2D eigenvalue weighted by Crippen LogP contribution is 2.09. The van der Waals surface area contributed by atoms with Gasteiger partial charge in [-0.05, 0) is 18.8 Å². The summed E-state index contributed by atoms with van der Waals surface area (Å²) in [7, 11) is 3.14. The van der Waals surface area contributed by atoms with Gasteiger partial charge < -0.3 is 0 Å². The normalized spacial score (nSPS) is 12.8. The van der Waals surface area contributed by atoms with Crippen molar-refractivity contribution < 1.29 is 0 Å². The van der Waals surface area contributed by atoms with Crippen LogP contribution in [0.1, 0.15) is 33.1 Å². The zero-order chi connectivity index (χ0) is 14.4. The van der Waals surface area contributed by atoms with E-state index in [-0.39, 0.29) is 5.56 Å². The van der Waals surface area contributed by atoms with Crippen LogP contribution in [0.2, 0.25) is 0 Å². The lowest BCUT2D eigenvalue weighted by Crippen LogP contribution is -2.33. The van der Waals surface area contributed by atoms with Crippen LogP contribution in [0.3, 0.4) is 0 Å². The smallest absolute Gasteiger partial charge is 0.292 e. The van der Waals surface area contributed by atoms with E-state index in [2.05, 4.69) is 23.9 Å². The number of hydrogen-bond acceptors (Lipinski definition) is 4. The van der Waals surface area contributed by atoms with E-state index in [4.69, 9.17) is 0 Å². The number of nitrogens with zero attached hydrogens (tertiary/aromatic N) is 3. The van der Waals surface area contributed by atoms with Gasteiger partial charge in [0.15, 0.2) is 0 Å². The van der Waals surface area contributed by atoms with Crippen LogP contribution >= 0.6 is 0 Å². The van der Waals surface area contributed by atoms with Gasteiger partial charge in [0.05, 0.1) is 0 Å². The van der Waals surface area contributed by atoms with Crippen molar-refractivity contribution >= 4 is 12.0 Å². The Hall–Kier alpha value is -1.85. The molecule has 0 fully saturated rings. The monoisotopic (exact) mass is 266 g/mol. The summed E-state index contributed by atoms with van der Waals surface area (Å²) in [6, 6.07) is 1.36. The van der Waals surface area contributed by atoms with Crippen LogP contribution in [0.5, 0.6) is 0 Å². The Bertz CT molecular complexity index is 513. The maximum absolute atomic E-state index is 11.5. The first-order valence-electron chi connectivity index (χ1n) is 6.57. The van der Waals surface area contributed by atoms with Gasteiger partial charge in [-0.3, -0.25) is 19.4 Å². The first kappa shape index (κ1) is 15.2. The molecule has 1 N–H and O–H groups in total. The van der Waals surface area contributed by atoms with Crippen LogP contribution in [-0.4, -0.2) is 22.8 Å². The second-order valence-electron chi connectivity index (χ2n) is 4.60. The molecular formula is C13H22N4O2. The molecule has 0 aliphatic carbocycles. The highest BCUT2D eigenvalue weighted by Gasteiger charge is 2.05. The van der Waals surface area contributed by atoms with E-state index in [0.29, 0.717) is 11.7 Å². The average molecular weight is 266 g/mol. The summed E-state index contributed by atoms with van der Waals surface area (Å²) in [5, 5.41) is 5.80. The van der Waals surface area contributed by atoms with Crippen molar-refractivity contribution in [2.24, 2.45) is 18.1 Å². The highest BCUT2D eigenvalue weighted by atomic mass is 16.2. The minimum absolute atomic E-state index is 0.346. The number of anilines is 1. The molecule has 0 aliphatic heterocycles. The molecule has 0 bridgehead atoms. The molecule has 0 aliphatic rings. The Balaban J connectivity index is 2.89. The third-order valence-corrected chi connectivity index (χ3v) is 3.11. The Morgan fingerprint density at radius 3 is 2.68 bits per heavy atom. The van der Waals surface area contributed by atoms with Crippen molar-refractivity contribution in [1.29, 1.82) is 0 Å². The molecule has 6 heteroatoms. The Morgan fingerprint density at radius 1 is 1.47 bits per heavy atom. The SMILES string of the molecule is CCCC(/C=N/N(C)c1cc(=O)n(C)c(=O)[nH]1)CC. The predicted molar refractivity (Wildman–Crippen MR) is 77.9 cm³/mol. The topological polar surface area (TPSA) is 70.5 Å². The van der Waals surface area contributed by atoms with Crippen molar-refractivity contribution in [1.82, 2.24) is 9.55 Å². The van der Waals surface area contributed by atoms with Crippen molar-refractivity contribution in [3.8, 4) is 0 Å². The first-order valence-corrected chi connectivity index (χ1v) is 6.57. The molecule has 6 nitrogen and oxygen atoms in total. The van der Waals surface area contributed by atoms with E-state index in [0.717, 1.165) is 23.8 Å². The van der Waals surface area contributed by atoms with E-state index < -0.39 is 5.69 Å². The average Bonchev–Trinajstić information content (AvgIpc) is 2.39. The van der Waals surface area contributed by atoms with Crippen LogP contribution in [0, 0.1) is 5.92 Å². The Kier molecular flexibility index (Phi) is 5.54. The maximum atomic E-state index is 11.5. The van der Waals surface area contributed by atoms with E-state index in [1.807, 2.05) is 6.21 Å². The summed E-state index contributed by atoms with van der Waals surface area (Å²) >= 11 is 0. The number of hydrazone groups is 1. The van der Waals surface area contributed by atoms with Gasteiger partial charge in [0.2, 0.25) is 0 Å². The lowest BCUT2D eigenvalue weighted by atomic mass is 10.0. The molecule has 1 unspecified atom stereocenters. The van der Waals surface area contributed by atoms with E-state index in [1.165, 1.54) is 18.1 Å². The van der Waals surface area contributed by atoms with Crippen LogP contribution in [-0.2, 0) is 7.05 Å². The largest absolute Gasteiger partial charge is 0.329 e. The second-order valence-corrected chi connectivity index (χ2v) is 4.60. The summed E-state index contributed by atoms with van der Waals surface area (Å²) < 4.78 is 1.02. The molecular weight excluding hydrogens is 244 g/mol. The van der Waals surface area contributed by atoms with E-state index >= 15 is 0 Å². The molecule has 0 saturated heterocycles. The van der Waals surface area contributed by atoms with Gasteiger partial charge in [0.1, 0.15) is 5.82 Å². The van der Waals surface area contributed by atoms with Crippen LogP contribution in [0.25, 0.3) is 0 Å². The highest BCUT2D eigenvalue weighted by molar-refractivity contribution is 5.62. The van der Waals surface area contributed by atoms with Crippen molar-refractivity contribution in [2.45, 2.75) is 33.1 Å². The molecule has 0 radical (unpaired) electrons. The van der Waals surface area contributed by atoms with Gasteiger partial charge in [-0.2, -0.15) is 5.10 Å². The number of hydrogen-bond donors (Lipinski definition) is 1. The van der Waals surface area contributed by atoms with Gasteiger partial charge in [0, 0.05) is 26.4 Å². The number of H-pyrrole nitrogens is 1. The van der Waals surface area contributed by atoms with E-state index in [1.54, 1.807) is 7.05 Å². The molecule has 0 spiro atoms. The summed E-state index contributed by atoms with van der Waals surface area (Å²) in [6.07, 6.45) is 5.09. The standard InChI is InChI=1S/C13H22N4O2/c1-5-7-10(6-2)9-14-17(4)11-8-12(18)16(3)13(19)15-11/h8-10H,5-7H2,1-4H3,(H,15,19)/b14-9+. The fourth-order valence-corrected chi connectivity index (χ4v) is 1.73. The minimum atomic E-state index is -0.440. The summed E-state index contributed by atoms with van der Waals surface area (Å²) in [5.41, 5.74) is -0.786. The first-order chi connectivity index (χ1) is 8.99. The molecule has 1 rings (SSSR count). The zero-order valence-electron chi connectivity index (χ0n) is 12.0.